The first kappa shape index (κ1) is 14.8. The summed E-state index contributed by atoms with van der Waals surface area (Å²) in [5, 5.41) is 4.23. The molecule has 2 aromatic rings. The lowest BCUT2D eigenvalue weighted by atomic mass is 10.2. The number of hydrogen-bond acceptors (Lipinski definition) is 4. The topological polar surface area (TPSA) is 52.8 Å². The highest BCUT2D eigenvalue weighted by Gasteiger charge is 2.04. The van der Waals surface area contributed by atoms with Gasteiger partial charge in [-0.1, -0.05) is 0 Å². The third-order valence-electron chi connectivity index (χ3n) is 3.06. The Bertz CT molecular complexity index is 733. The Kier molecular flexibility index (Phi) is 4.42. The minimum Gasteiger partial charge on any atom is -0.493 e. The summed E-state index contributed by atoms with van der Waals surface area (Å²) in [5.41, 5.74) is 2.38. The summed E-state index contributed by atoms with van der Waals surface area (Å²) < 4.78 is 11.8. The molecule has 1 heterocycles. The minimum atomic E-state index is -0.149. The van der Waals surface area contributed by atoms with Crippen LogP contribution in [-0.4, -0.2) is 25.1 Å². The van der Waals surface area contributed by atoms with Crippen LogP contribution in [0.5, 0.6) is 11.5 Å². The van der Waals surface area contributed by atoms with Crippen LogP contribution in [0.25, 0.3) is 0 Å². The number of pyridine rings is 1. The molecule has 0 amide bonds. The molecule has 0 spiro atoms. The zero-order valence-electron chi connectivity index (χ0n) is 12.6. The summed E-state index contributed by atoms with van der Waals surface area (Å²) in [4.78, 5) is 11.9. The highest BCUT2D eigenvalue weighted by Crippen LogP contribution is 2.26. The van der Waals surface area contributed by atoms with E-state index in [-0.39, 0.29) is 5.56 Å². The van der Waals surface area contributed by atoms with E-state index in [0.717, 1.165) is 16.8 Å². The summed E-state index contributed by atoms with van der Waals surface area (Å²) in [5.74, 6) is 1.27. The van der Waals surface area contributed by atoms with Crippen LogP contribution in [0.3, 0.4) is 0 Å². The van der Waals surface area contributed by atoms with Gasteiger partial charge in [0.2, 0.25) is 0 Å². The van der Waals surface area contributed by atoms with Gasteiger partial charge in [-0.3, -0.25) is 4.79 Å². The van der Waals surface area contributed by atoms with Crippen molar-refractivity contribution in [3.8, 4) is 11.5 Å². The summed E-state index contributed by atoms with van der Waals surface area (Å²) in [6.45, 7) is 3.73. The van der Waals surface area contributed by atoms with Crippen molar-refractivity contribution in [2.45, 2.75) is 13.8 Å². The van der Waals surface area contributed by atoms with Crippen molar-refractivity contribution in [1.82, 2.24) is 4.68 Å². The summed E-state index contributed by atoms with van der Waals surface area (Å²) >= 11 is 0. The molecule has 1 aromatic heterocycles. The molecule has 0 saturated heterocycles. The lowest BCUT2D eigenvalue weighted by Crippen LogP contribution is -2.18. The zero-order valence-corrected chi connectivity index (χ0v) is 12.6. The van der Waals surface area contributed by atoms with Crippen LogP contribution >= 0.6 is 0 Å². The molecule has 2 rings (SSSR count). The van der Waals surface area contributed by atoms with E-state index in [1.54, 1.807) is 38.6 Å². The zero-order chi connectivity index (χ0) is 15.4. The van der Waals surface area contributed by atoms with E-state index in [9.17, 15) is 4.79 Å². The van der Waals surface area contributed by atoms with E-state index >= 15 is 0 Å². The van der Waals surface area contributed by atoms with Crippen molar-refractivity contribution in [3.05, 3.63) is 57.5 Å². The fourth-order valence-corrected chi connectivity index (χ4v) is 2.07. The Labute approximate surface area is 123 Å². The highest BCUT2D eigenvalue weighted by molar-refractivity contribution is 5.80. The van der Waals surface area contributed by atoms with E-state index in [0.29, 0.717) is 11.5 Å². The Balaban J connectivity index is 2.36. The van der Waals surface area contributed by atoms with Gasteiger partial charge in [-0.2, -0.15) is 5.10 Å². The van der Waals surface area contributed by atoms with Gasteiger partial charge in [-0.05, 0) is 49.2 Å². The van der Waals surface area contributed by atoms with Crippen molar-refractivity contribution in [3.63, 3.8) is 0 Å². The highest BCUT2D eigenvalue weighted by atomic mass is 16.5. The predicted molar refractivity (Wildman–Crippen MR) is 82.7 cm³/mol. The standard InChI is InChI=1S/C16H18N2O3/c1-11-7-12(2)18(16(19)8-11)17-10-13-5-6-14(20-3)15(9-13)21-4/h5-10H,1-4H3/b17-10+. The van der Waals surface area contributed by atoms with Crippen molar-refractivity contribution in [2.75, 3.05) is 14.2 Å². The molecule has 0 atom stereocenters. The molecule has 0 N–H and O–H groups in total. The van der Waals surface area contributed by atoms with Crippen molar-refractivity contribution >= 4 is 6.21 Å². The first-order valence-corrected chi connectivity index (χ1v) is 6.52. The molecule has 5 nitrogen and oxygen atoms in total. The molecular formula is C16H18N2O3. The van der Waals surface area contributed by atoms with Gasteiger partial charge in [0.1, 0.15) is 0 Å². The van der Waals surface area contributed by atoms with Gasteiger partial charge < -0.3 is 9.47 Å². The van der Waals surface area contributed by atoms with Crippen molar-refractivity contribution in [1.29, 1.82) is 0 Å². The molecule has 0 bridgehead atoms. The maximum absolute atomic E-state index is 11.9. The molecule has 0 aliphatic carbocycles. The van der Waals surface area contributed by atoms with Gasteiger partial charge in [0.25, 0.3) is 5.56 Å². The van der Waals surface area contributed by atoms with Crippen LogP contribution < -0.4 is 15.0 Å². The van der Waals surface area contributed by atoms with Gasteiger partial charge in [-0.25, -0.2) is 4.68 Å². The van der Waals surface area contributed by atoms with E-state index in [4.69, 9.17) is 9.47 Å². The third-order valence-corrected chi connectivity index (χ3v) is 3.06. The maximum atomic E-state index is 11.9. The molecule has 21 heavy (non-hydrogen) atoms. The monoisotopic (exact) mass is 286 g/mol. The first-order chi connectivity index (χ1) is 10.0. The average Bonchev–Trinajstić information content (AvgIpc) is 2.45. The fourth-order valence-electron chi connectivity index (χ4n) is 2.07. The van der Waals surface area contributed by atoms with Gasteiger partial charge in [0.05, 0.1) is 20.4 Å². The number of hydrogen-bond donors (Lipinski definition) is 0. The Morgan fingerprint density at radius 3 is 2.38 bits per heavy atom. The second kappa shape index (κ2) is 6.26. The van der Waals surface area contributed by atoms with Crippen LogP contribution in [0, 0.1) is 13.8 Å². The van der Waals surface area contributed by atoms with Gasteiger partial charge in [0.15, 0.2) is 11.5 Å². The predicted octanol–water partition coefficient (Wildman–Crippen LogP) is 2.36. The second-order valence-corrected chi connectivity index (χ2v) is 4.68. The molecular weight excluding hydrogens is 268 g/mol. The number of ether oxygens (including phenoxy) is 2. The minimum absolute atomic E-state index is 0.149. The number of aromatic nitrogens is 1. The molecule has 1 aromatic carbocycles. The van der Waals surface area contributed by atoms with Crippen LogP contribution in [0.15, 0.2) is 40.2 Å². The van der Waals surface area contributed by atoms with Crippen LogP contribution in [0.1, 0.15) is 16.8 Å². The smallest absolute Gasteiger partial charge is 0.271 e. The van der Waals surface area contributed by atoms with Gasteiger partial charge in [-0.15, -0.1) is 0 Å². The third kappa shape index (κ3) is 3.31. The van der Waals surface area contributed by atoms with E-state index < -0.39 is 0 Å². The Hall–Kier alpha value is -2.56. The van der Waals surface area contributed by atoms with Crippen molar-refractivity contribution in [2.24, 2.45) is 5.10 Å². The molecule has 5 heteroatoms. The van der Waals surface area contributed by atoms with Crippen molar-refractivity contribution < 1.29 is 9.47 Å². The molecule has 0 saturated carbocycles. The molecule has 0 fully saturated rings. The summed E-state index contributed by atoms with van der Waals surface area (Å²) in [6, 6.07) is 8.91. The van der Waals surface area contributed by atoms with Crippen LogP contribution in [0.4, 0.5) is 0 Å². The summed E-state index contributed by atoms with van der Waals surface area (Å²) in [7, 11) is 3.16. The SMILES string of the molecule is COc1ccc(/C=N/n2c(C)cc(C)cc2=O)cc1OC. The Morgan fingerprint density at radius 1 is 1.05 bits per heavy atom. The quantitative estimate of drug-likeness (QED) is 0.811. The number of aryl methyl sites for hydroxylation is 2. The molecule has 0 radical (unpaired) electrons. The maximum Gasteiger partial charge on any atom is 0.271 e. The average molecular weight is 286 g/mol. The Morgan fingerprint density at radius 2 is 1.76 bits per heavy atom. The van der Waals surface area contributed by atoms with Crippen LogP contribution in [-0.2, 0) is 0 Å². The van der Waals surface area contributed by atoms with E-state index in [1.807, 2.05) is 26.0 Å². The number of benzene rings is 1. The first-order valence-electron chi connectivity index (χ1n) is 6.52. The van der Waals surface area contributed by atoms with Gasteiger partial charge in [0, 0.05) is 11.8 Å². The molecule has 0 unspecified atom stereocenters. The number of rotatable bonds is 4. The summed E-state index contributed by atoms with van der Waals surface area (Å²) in [6.07, 6.45) is 1.62. The molecule has 110 valence electrons. The van der Waals surface area contributed by atoms with E-state index in [1.165, 1.54) is 4.68 Å². The van der Waals surface area contributed by atoms with Gasteiger partial charge >= 0.3 is 0 Å². The number of nitrogens with zero attached hydrogens (tertiary/aromatic N) is 2. The largest absolute Gasteiger partial charge is 0.493 e. The fraction of sp³-hybridized carbons (Fsp3) is 0.250. The van der Waals surface area contributed by atoms with E-state index in [2.05, 4.69) is 5.10 Å². The second-order valence-electron chi connectivity index (χ2n) is 4.68. The normalized spacial score (nSPS) is 10.9. The lowest BCUT2D eigenvalue weighted by molar-refractivity contribution is 0.355. The molecule has 0 aliphatic rings. The molecule has 0 aliphatic heterocycles. The number of methoxy groups -OCH3 is 2. The lowest BCUT2D eigenvalue weighted by Gasteiger charge is -2.08. The van der Waals surface area contributed by atoms with Crippen LogP contribution in [0.2, 0.25) is 0 Å².